The summed E-state index contributed by atoms with van der Waals surface area (Å²) >= 11 is 0. The lowest BCUT2D eigenvalue weighted by molar-refractivity contribution is 0.320. The van der Waals surface area contributed by atoms with Crippen LogP contribution in [0.5, 0.6) is 5.75 Å². The summed E-state index contributed by atoms with van der Waals surface area (Å²) in [6.45, 7) is 3.55. The van der Waals surface area contributed by atoms with Crippen LogP contribution in [0, 0.1) is 11.6 Å². The van der Waals surface area contributed by atoms with Gasteiger partial charge in [0.15, 0.2) is 5.96 Å². The Morgan fingerprint density at radius 3 is 2.80 bits per heavy atom. The van der Waals surface area contributed by atoms with E-state index < -0.39 is 11.6 Å². The number of benzene rings is 1. The highest BCUT2D eigenvalue weighted by molar-refractivity contribution is 14.0. The fraction of sp³-hybridized carbons (Fsp3) is 0.294. The van der Waals surface area contributed by atoms with Crippen LogP contribution < -0.4 is 15.4 Å². The maximum absolute atomic E-state index is 13.6. The quantitative estimate of drug-likeness (QED) is 0.288. The molecule has 0 fully saturated rings. The molecule has 2 N–H and O–H groups in total. The second-order valence-corrected chi connectivity index (χ2v) is 4.89. The number of hydrogen-bond acceptors (Lipinski definition) is 3. The van der Waals surface area contributed by atoms with Crippen LogP contribution in [0.1, 0.15) is 12.5 Å². The molecular formula is C17H21F2IN4O. The molecule has 136 valence electrons. The number of rotatable bonds is 7. The number of guanidine groups is 1. The van der Waals surface area contributed by atoms with Gasteiger partial charge in [-0.2, -0.15) is 0 Å². The van der Waals surface area contributed by atoms with E-state index in [-0.39, 0.29) is 36.1 Å². The van der Waals surface area contributed by atoms with E-state index in [2.05, 4.69) is 20.6 Å². The zero-order valence-electron chi connectivity index (χ0n) is 13.8. The van der Waals surface area contributed by atoms with Crippen molar-refractivity contribution in [3.8, 4) is 5.75 Å². The molecule has 0 aliphatic heterocycles. The van der Waals surface area contributed by atoms with Gasteiger partial charge in [-0.3, -0.25) is 4.98 Å². The van der Waals surface area contributed by atoms with E-state index in [1.54, 1.807) is 18.5 Å². The molecule has 1 aromatic carbocycles. The number of hydrogen-bond donors (Lipinski definition) is 2. The fourth-order valence-electron chi connectivity index (χ4n) is 1.94. The Labute approximate surface area is 162 Å². The third kappa shape index (κ3) is 7.63. The van der Waals surface area contributed by atoms with Crippen molar-refractivity contribution in [2.45, 2.75) is 13.5 Å². The van der Waals surface area contributed by atoms with Crippen molar-refractivity contribution in [2.75, 3.05) is 19.7 Å². The van der Waals surface area contributed by atoms with E-state index in [0.717, 1.165) is 18.2 Å². The molecule has 2 aromatic rings. The number of nitrogens with one attached hydrogen (secondary N) is 2. The van der Waals surface area contributed by atoms with Crippen molar-refractivity contribution in [3.05, 3.63) is 59.9 Å². The van der Waals surface area contributed by atoms with Crippen LogP contribution >= 0.6 is 24.0 Å². The number of halogens is 3. The summed E-state index contributed by atoms with van der Waals surface area (Å²) in [5.41, 5.74) is 0.207. The lowest BCUT2D eigenvalue weighted by atomic mass is 10.2. The Morgan fingerprint density at radius 1 is 1.24 bits per heavy atom. The normalized spacial score (nSPS) is 10.8. The summed E-state index contributed by atoms with van der Waals surface area (Å²) in [5.74, 6) is 0.236. The lowest BCUT2D eigenvalue weighted by Gasteiger charge is -2.12. The molecule has 0 saturated heterocycles. The molecule has 0 amide bonds. The van der Waals surface area contributed by atoms with Crippen molar-refractivity contribution in [2.24, 2.45) is 4.99 Å². The molecule has 0 spiro atoms. The molecule has 1 heterocycles. The summed E-state index contributed by atoms with van der Waals surface area (Å²) in [6.07, 6.45) is 3.30. The summed E-state index contributed by atoms with van der Waals surface area (Å²) in [7, 11) is 0. The standard InChI is InChI=1S/C17H20F2N4O.HI/c1-2-21-17(22-8-9-24-15-4-3-7-20-12-15)23-11-13-10-14(18)5-6-16(13)19;/h3-7,10,12H,2,8-9,11H2,1H3,(H2,21,22,23);1H. The first-order valence-electron chi connectivity index (χ1n) is 7.68. The van der Waals surface area contributed by atoms with Gasteiger partial charge in [0, 0.05) is 18.3 Å². The smallest absolute Gasteiger partial charge is 0.191 e. The molecule has 0 aliphatic rings. The van der Waals surface area contributed by atoms with Crippen molar-refractivity contribution in [3.63, 3.8) is 0 Å². The topological polar surface area (TPSA) is 58.5 Å². The van der Waals surface area contributed by atoms with Gasteiger partial charge in [-0.1, -0.05) is 0 Å². The second kappa shape index (κ2) is 11.6. The van der Waals surface area contributed by atoms with E-state index in [1.165, 1.54) is 0 Å². The summed E-state index contributed by atoms with van der Waals surface area (Å²) < 4.78 is 32.3. The van der Waals surface area contributed by atoms with E-state index in [9.17, 15) is 8.78 Å². The van der Waals surface area contributed by atoms with Gasteiger partial charge in [-0.05, 0) is 37.3 Å². The average Bonchev–Trinajstić information content (AvgIpc) is 2.60. The van der Waals surface area contributed by atoms with Crippen molar-refractivity contribution < 1.29 is 13.5 Å². The highest BCUT2D eigenvalue weighted by Crippen LogP contribution is 2.10. The highest BCUT2D eigenvalue weighted by Gasteiger charge is 2.04. The molecule has 0 aliphatic carbocycles. The largest absolute Gasteiger partial charge is 0.490 e. The molecule has 0 radical (unpaired) electrons. The first-order chi connectivity index (χ1) is 11.7. The Kier molecular flexibility index (Phi) is 9.75. The van der Waals surface area contributed by atoms with Gasteiger partial charge in [0.1, 0.15) is 24.0 Å². The monoisotopic (exact) mass is 462 g/mol. The first-order valence-corrected chi connectivity index (χ1v) is 7.68. The number of aliphatic imine (C=N–C) groups is 1. The maximum Gasteiger partial charge on any atom is 0.191 e. The van der Waals surface area contributed by atoms with Crippen LogP contribution in [0.25, 0.3) is 0 Å². The van der Waals surface area contributed by atoms with Crippen LogP contribution in [0.4, 0.5) is 8.78 Å². The number of aromatic nitrogens is 1. The molecule has 1 aromatic heterocycles. The van der Waals surface area contributed by atoms with Crippen LogP contribution in [-0.2, 0) is 6.54 Å². The zero-order chi connectivity index (χ0) is 17.2. The van der Waals surface area contributed by atoms with Crippen molar-refractivity contribution >= 4 is 29.9 Å². The molecule has 5 nitrogen and oxygen atoms in total. The third-order valence-corrected chi connectivity index (χ3v) is 3.06. The number of ether oxygens (including phenoxy) is 1. The molecule has 8 heteroatoms. The van der Waals surface area contributed by atoms with Crippen LogP contribution in [0.3, 0.4) is 0 Å². The third-order valence-electron chi connectivity index (χ3n) is 3.06. The molecule has 25 heavy (non-hydrogen) atoms. The van der Waals surface area contributed by atoms with Crippen LogP contribution in [0.2, 0.25) is 0 Å². The highest BCUT2D eigenvalue weighted by atomic mass is 127. The van der Waals surface area contributed by atoms with Crippen LogP contribution in [0.15, 0.2) is 47.7 Å². The van der Waals surface area contributed by atoms with Gasteiger partial charge in [0.2, 0.25) is 0 Å². The van der Waals surface area contributed by atoms with Gasteiger partial charge in [-0.25, -0.2) is 13.8 Å². The molecule has 0 unspecified atom stereocenters. The van der Waals surface area contributed by atoms with Gasteiger partial charge in [0.25, 0.3) is 0 Å². The van der Waals surface area contributed by atoms with Gasteiger partial charge >= 0.3 is 0 Å². The molecule has 0 saturated carbocycles. The fourth-order valence-corrected chi connectivity index (χ4v) is 1.94. The van der Waals surface area contributed by atoms with Gasteiger partial charge in [0.05, 0.1) is 19.3 Å². The minimum absolute atomic E-state index is 0. The number of nitrogens with zero attached hydrogens (tertiary/aromatic N) is 2. The molecule has 0 bridgehead atoms. The predicted molar refractivity (Wildman–Crippen MR) is 104 cm³/mol. The summed E-state index contributed by atoms with van der Waals surface area (Å²) in [5, 5.41) is 6.11. The zero-order valence-corrected chi connectivity index (χ0v) is 16.2. The van der Waals surface area contributed by atoms with Crippen molar-refractivity contribution in [1.29, 1.82) is 0 Å². The Balaban J connectivity index is 0.00000312. The number of pyridine rings is 1. The first kappa shape index (κ1) is 21.1. The molecule has 0 atom stereocenters. The Bertz CT molecular complexity index is 671. The average molecular weight is 462 g/mol. The Hall–Kier alpha value is -1.97. The van der Waals surface area contributed by atoms with E-state index in [1.807, 2.05) is 13.0 Å². The summed E-state index contributed by atoms with van der Waals surface area (Å²) in [6, 6.07) is 6.94. The minimum atomic E-state index is -0.482. The maximum atomic E-state index is 13.6. The van der Waals surface area contributed by atoms with E-state index >= 15 is 0 Å². The van der Waals surface area contributed by atoms with Crippen LogP contribution in [-0.4, -0.2) is 30.6 Å². The van der Waals surface area contributed by atoms with Gasteiger partial charge < -0.3 is 15.4 Å². The SMILES string of the molecule is CCNC(=NCc1cc(F)ccc1F)NCCOc1cccnc1.I. The molecular weight excluding hydrogens is 441 g/mol. The van der Waals surface area contributed by atoms with E-state index in [0.29, 0.717) is 31.4 Å². The Morgan fingerprint density at radius 2 is 2.08 bits per heavy atom. The predicted octanol–water partition coefficient (Wildman–Crippen LogP) is 3.11. The minimum Gasteiger partial charge on any atom is -0.490 e. The second-order valence-electron chi connectivity index (χ2n) is 4.89. The summed E-state index contributed by atoms with van der Waals surface area (Å²) in [4.78, 5) is 8.21. The molecule has 2 rings (SSSR count). The van der Waals surface area contributed by atoms with Gasteiger partial charge in [-0.15, -0.1) is 24.0 Å². The van der Waals surface area contributed by atoms with Crippen molar-refractivity contribution in [1.82, 2.24) is 15.6 Å². The van der Waals surface area contributed by atoms with E-state index in [4.69, 9.17) is 4.74 Å². The lowest BCUT2D eigenvalue weighted by Crippen LogP contribution is -2.39.